The van der Waals surface area contributed by atoms with E-state index < -0.39 is 23.1 Å². The maximum absolute atomic E-state index is 13.1. The van der Waals surface area contributed by atoms with Gasteiger partial charge in [-0.25, -0.2) is 0 Å². The highest BCUT2D eigenvalue weighted by Gasteiger charge is 2.35. The number of allylic oxidation sites excluding steroid dienone is 5. The van der Waals surface area contributed by atoms with Gasteiger partial charge in [-0.15, -0.1) is 0 Å². The quantitative estimate of drug-likeness (QED) is 0.367. The molecule has 0 saturated carbocycles. The van der Waals surface area contributed by atoms with Gasteiger partial charge in [-0.1, -0.05) is 24.8 Å². The monoisotopic (exact) mass is 362 g/mol. The van der Waals surface area contributed by atoms with Crippen molar-refractivity contribution in [1.82, 2.24) is 0 Å². The number of carbonyl (C=O) groups is 2. The van der Waals surface area contributed by atoms with Crippen molar-refractivity contribution in [1.29, 1.82) is 0 Å². The average molecular weight is 362 g/mol. The van der Waals surface area contributed by atoms with Crippen molar-refractivity contribution in [2.45, 2.75) is 25.9 Å². The summed E-state index contributed by atoms with van der Waals surface area (Å²) in [5.41, 5.74) is -0.600. The Bertz CT molecular complexity index is 898. The van der Waals surface area contributed by atoms with Crippen LogP contribution in [0.3, 0.4) is 0 Å². The molecule has 2 aromatic rings. The van der Waals surface area contributed by atoms with E-state index in [4.69, 9.17) is 4.42 Å². The van der Waals surface area contributed by atoms with Gasteiger partial charge in [0.15, 0.2) is 11.6 Å². The molecule has 0 atom stereocenters. The minimum absolute atomic E-state index is 0.194. The summed E-state index contributed by atoms with van der Waals surface area (Å²) in [7, 11) is 0. The van der Waals surface area contributed by atoms with Gasteiger partial charge < -0.3 is 4.42 Å². The van der Waals surface area contributed by atoms with Gasteiger partial charge in [-0.2, -0.15) is 13.2 Å². The molecule has 0 aliphatic rings. The number of fused-ring (bicyclic) bond motifs is 1. The van der Waals surface area contributed by atoms with E-state index >= 15 is 0 Å². The van der Waals surface area contributed by atoms with E-state index in [0.29, 0.717) is 11.1 Å². The first kappa shape index (κ1) is 19.4. The van der Waals surface area contributed by atoms with Crippen LogP contribution in [-0.2, 0) is 4.79 Å². The van der Waals surface area contributed by atoms with E-state index in [1.165, 1.54) is 19.3 Å². The Morgan fingerprint density at radius 3 is 2.54 bits per heavy atom. The molecule has 0 N–H and O–H groups in total. The zero-order chi connectivity index (χ0) is 19.3. The summed E-state index contributed by atoms with van der Waals surface area (Å²) in [5.74, 6) is -1.10. The third kappa shape index (κ3) is 4.39. The van der Waals surface area contributed by atoms with Crippen molar-refractivity contribution >= 4 is 22.5 Å². The number of ketones is 2. The van der Waals surface area contributed by atoms with Gasteiger partial charge in [-0.05, 0) is 31.2 Å². The first-order valence-electron chi connectivity index (χ1n) is 7.88. The molecular formula is C20H17F3O3. The van der Waals surface area contributed by atoms with Crippen molar-refractivity contribution < 1.29 is 27.2 Å². The number of halogens is 3. The summed E-state index contributed by atoms with van der Waals surface area (Å²) in [6, 6.07) is 6.51. The lowest BCUT2D eigenvalue weighted by molar-refractivity contribution is -0.116. The van der Waals surface area contributed by atoms with Crippen LogP contribution in [0.1, 0.15) is 30.1 Å². The van der Waals surface area contributed by atoms with Crippen LogP contribution in [0.5, 0.6) is 0 Å². The number of carbonyl (C=O) groups excluding carboxylic acids is 2. The Morgan fingerprint density at radius 1 is 1.19 bits per heavy atom. The standard InChI is InChI=1S/C20H17F3O3/c1-3-5-16(20(21,22)23)15(4-2)18(25)8-7-17(24)13-6-9-19-14(12-13)10-11-26-19/h3-6,9-12H,2,7-8H2,1H3. The van der Waals surface area contributed by atoms with E-state index in [1.807, 2.05) is 0 Å². The second kappa shape index (κ2) is 7.99. The molecule has 1 heterocycles. The van der Waals surface area contributed by atoms with Gasteiger partial charge in [-0.3, -0.25) is 9.59 Å². The number of rotatable bonds is 7. The van der Waals surface area contributed by atoms with Crippen LogP contribution < -0.4 is 0 Å². The van der Waals surface area contributed by atoms with Crippen LogP contribution in [0.15, 0.2) is 70.9 Å². The second-order valence-corrected chi connectivity index (χ2v) is 5.55. The average Bonchev–Trinajstić information content (AvgIpc) is 3.06. The second-order valence-electron chi connectivity index (χ2n) is 5.55. The van der Waals surface area contributed by atoms with Crippen LogP contribution in [0.4, 0.5) is 13.2 Å². The third-order valence-corrected chi connectivity index (χ3v) is 3.79. The lowest BCUT2D eigenvalue weighted by Crippen LogP contribution is -2.17. The SMILES string of the molecule is C=CC(C(=O)CCC(=O)c1ccc2occc2c1)=C(C=CC)C(F)(F)F. The van der Waals surface area contributed by atoms with Crippen molar-refractivity contribution in [2.75, 3.05) is 0 Å². The Kier molecular flexibility index (Phi) is 5.97. The topological polar surface area (TPSA) is 47.3 Å². The molecule has 136 valence electrons. The van der Waals surface area contributed by atoms with Gasteiger partial charge in [0.05, 0.1) is 11.8 Å². The minimum Gasteiger partial charge on any atom is -0.464 e. The number of furan rings is 1. The minimum atomic E-state index is -4.68. The number of benzene rings is 1. The maximum atomic E-state index is 13.1. The lowest BCUT2D eigenvalue weighted by atomic mass is 9.97. The molecule has 3 nitrogen and oxygen atoms in total. The van der Waals surface area contributed by atoms with Gasteiger partial charge in [0.2, 0.25) is 0 Å². The van der Waals surface area contributed by atoms with Crippen molar-refractivity contribution in [2.24, 2.45) is 0 Å². The molecule has 1 aromatic carbocycles. The maximum Gasteiger partial charge on any atom is 0.417 e. The highest BCUT2D eigenvalue weighted by atomic mass is 19.4. The van der Waals surface area contributed by atoms with Crippen LogP contribution in [0, 0.1) is 0 Å². The molecule has 2 rings (SSSR count). The molecule has 0 bridgehead atoms. The summed E-state index contributed by atoms with van der Waals surface area (Å²) in [5, 5.41) is 0.737. The normalized spacial score (nSPS) is 13.1. The summed E-state index contributed by atoms with van der Waals surface area (Å²) >= 11 is 0. The van der Waals surface area contributed by atoms with E-state index in [9.17, 15) is 22.8 Å². The largest absolute Gasteiger partial charge is 0.464 e. The molecule has 0 saturated heterocycles. The summed E-state index contributed by atoms with van der Waals surface area (Å²) < 4.78 is 44.5. The molecule has 1 aromatic heterocycles. The van der Waals surface area contributed by atoms with Crippen LogP contribution in [0.2, 0.25) is 0 Å². The van der Waals surface area contributed by atoms with E-state index in [1.54, 1.807) is 24.3 Å². The van der Waals surface area contributed by atoms with E-state index in [0.717, 1.165) is 17.5 Å². The fraction of sp³-hybridized carbons (Fsp3) is 0.200. The highest BCUT2D eigenvalue weighted by molar-refractivity contribution is 6.04. The zero-order valence-electron chi connectivity index (χ0n) is 14.1. The Hall–Kier alpha value is -2.89. The first-order chi connectivity index (χ1) is 12.3. The Morgan fingerprint density at radius 2 is 1.92 bits per heavy atom. The Labute approximate surface area is 148 Å². The molecule has 26 heavy (non-hydrogen) atoms. The fourth-order valence-corrected chi connectivity index (χ4v) is 2.52. The Balaban J connectivity index is 2.17. The van der Waals surface area contributed by atoms with Gasteiger partial charge in [0, 0.05) is 29.4 Å². The molecule has 0 aliphatic carbocycles. The number of hydrogen-bond donors (Lipinski definition) is 0. The van der Waals surface area contributed by atoms with Crippen LogP contribution in [0.25, 0.3) is 11.0 Å². The van der Waals surface area contributed by atoms with Gasteiger partial charge in [0.25, 0.3) is 0 Å². The summed E-state index contributed by atoms with van der Waals surface area (Å²) in [6.45, 7) is 4.73. The molecular weight excluding hydrogens is 345 g/mol. The zero-order valence-corrected chi connectivity index (χ0v) is 14.1. The fourth-order valence-electron chi connectivity index (χ4n) is 2.52. The molecule has 6 heteroatoms. The predicted octanol–water partition coefficient (Wildman–Crippen LogP) is 5.59. The molecule has 0 spiro atoms. The molecule has 0 unspecified atom stereocenters. The van der Waals surface area contributed by atoms with E-state index in [-0.39, 0.29) is 18.6 Å². The van der Waals surface area contributed by atoms with Crippen LogP contribution >= 0.6 is 0 Å². The van der Waals surface area contributed by atoms with Gasteiger partial charge in [0.1, 0.15) is 5.58 Å². The number of hydrogen-bond acceptors (Lipinski definition) is 3. The smallest absolute Gasteiger partial charge is 0.417 e. The first-order valence-corrected chi connectivity index (χ1v) is 7.88. The molecule has 0 fully saturated rings. The van der Waals surface area contributed by atoms with E-state index in [2.05, 4.69) is 6.58 Å². The van der Waals surface area contributed by atoms with Crippen LogP contribution in [-0.4, -0.2) is 17.7 Å². The number of Topliss-reactive ketones (excluding diaryl/α,β-unsaturated/α-hetero) is 2. The van der Waals surface area contributed by atoms with Crippen molar-refractivity contribution in [3.8, 4) is 0 Å². The lowest BCUT2D eigenvalue weighted by Gasteiger charge is -2.12. The summed E-state index contributed by atoms with van der Waals surface area (Å²) in [6.07, 6.45) is -0.811. The molecule has 0 aliphatic heterocycles. The molecule has 0 amide bonds. The highest BCUT2D eigenvalue weighted by Crippen LogP contribution is 2.31. The summed E-state index contributed by atoms with van der Waals surface area (Å²) in [4.78, 5) is 24.5. The van der Waals surface area contributed by atoms with Gasteiger partial charge >= 0.3 is 6.18 Å². The number of alkyl halides is 3. The molecule has 0 radical (unpaired) electrons. The predicted molar refractivity (Wildman–Crippen MR) is 92.9 cm³/mol. The third-order valence-electron chi connectivity index (χ3n) is 3.79. The van der Waals surface area contributed by atoms with Crippen molar-refractivity contribution in [3.63, 3.8) is 0 Å². The van der Waals surface area contributed by atoms with Crippen molar-refractivity contribution in [3.05, 3.63) is 72.0 Å².